The number of thioether (sulfide) groups is 1. The third kappa shape index (κ3) is 5.05. The Balaban J connectivity index is 1.50. The molecule has 0 radical (unpaired) electrons. The van der Waals surface area contributed by atoms with E-state index in [1.807, 2.05) is 36.4 Å². The molecular formula is C20H18ClNO4S. The lowest BCUT2D eigenvalue weighted by Crippen LogP contribution is -2.31. The van der Waals surface area contributed by atoms with Gasteiger partial charge in [-0.25, -0.2) is 0 Å². The Hall–Kier alpha value is -2.44. The molecule has 1 amide bonds. The van der Waals surface area contributed by atoms with Crippen LogP contribution in [0.5, 0.6) is 0 Å². The Morgan fingerprint density at radius 2 is 1.96 bits per heavy atom. The number of halogens is 1. The topological polar surface area (TPSA) is 68.5 Å². The van der Waals surface area contributed by atoms with E-state index in [1.165, 1.54) is 18.0 Å². The molecule has 3 rings (SSSR count). The Bertz CT molecular complexity index is 937. The molecule has 0 spiro atoms. The van der Waals surface area contributed by atoms with E-state index in [0.717, 1.165) is 15.7 Å². The number of hydrogen-bond donors (Lipinski definition) is 1. The first kappa shape index (κ1) is 19.3. The Morgan fingerprint density at radius 3 is 2.70 bits per heavy atom. The van der Waals surface area contributed by atoms with Gasteiger partial charge >= 0.3 is 5.97 Å². The third-order valence-electron chi connectivity index (χ3n) is 3.87. The number of fused-ring (bicyclic) bond motifs is 1. The van der Waals surface area contributed by atoms with Gasteiger partial charge in [0.2, 0.25) is 0 Å². The molecule has 1 heterocycles. The predicted octanol–water partition coefficient (Wildman–Crippen LogP) is 4.60. The summed E-state index contributed by atoms with van der Waals surface area (Å²) in [5.41, 5.74) is 0. The summed E-state index contributed by atoms with van der Waals surface area (Å²) in [4.78, 5) is 24.8. The van der Waals surface area contributed by atoms with Crippen molar-refractivity contribution < 1.29 is 18.7 Å². The van der Waals surface area contributed by atoms with Crippen molar-refractivity contribution in [1.82, 2.24) is 5.32 Å². The first-order valence-electron chi connectivity index (χ1n) is 8.33. The van der Waals surface area contributed by atoms with Crippen LogP contribution in [-0.2, 0) is 14.3 Å². The van der Waals surface area contributed by atoms with E-state index < -0.39 is 5.97 Å². The standard InChI is InChI=1S/C20H18ClNO4S/c1-13(16-8-4-10-25-16)22-18(23)11-26-19(24)12-27-17-9-3-6-14-5-2-7-15(21)20(14)17/h2-10,13H,11-12H2,1H3,(H,22,23)/t13-/m1/s1. The van der Waals surface area contributed by atoms with Crippen LogP contribution in [0.1, 0.15) is 18.7 Å². The average molecular weight is 404 g/mol. The van der Waals surface area contributed by atoms with E-state index in [-0.39, 0.29) is 24.3 Å². The van der Waals surface area contributed by atoms with Crippen LogP contribution < -0.4 is 5.32 Å². The van der Waals surface area contributed by atoms with Crippen molar-refractivity contribution >= 4 is 46.0 Å². The zero-order valence-corrected chi connectivity index (χ0v) is 16.2. The molecule has 0 fully saturated rings. The summed E-state index contributed by atoms with van der Waals surface area (Å²) in [7, 11) is 0. The van der Waals surface area contributed by atoms with Gasteiger partial charge in [-0.15, -0.1) is 11.8 Å². The van der Waals surface area contributed by atoms with Crippen LogP contribution in [0.25, 0.3) is 10.8 Å². The van der Waals surface area contributed by atoms with Crippen LogP contribution in [0.2, 0.25) is 5.02 Å². The van der Waals surface area contributed by atoms with E-state index >= 15 is 0 Å². The normalized spacial score (nSPS) is 11.9. The zero-order chi connectivity index (χ0) is 19.2. The summed E-state index contributed by atoms with van der Waals surface area (Å²) in [6.45, 7) is 1.46. The highest BCUT2D eigenvalue weighted by molar-refractivity contribution is 8.00. The van der Waals surface area contributed by atoms with E-state index in [1.54, 1.807) is 19.1 Å². The molecule has 0 aliphatic rings. The Labute approximate surface area is 166 Å². The number of rotatable bonds is 7. The number of ether oxygens (including phenoxy) is 1. The molecule has 140 valence electrons. The molecule has 0 saturated carbocycles. The van der Waals surface area contributed by atoms with Crippen molar-refractivity contribution in [2.75, 3.05) is 12.4 Å². The fourth-order valence-corrected chi connectivity index (χ4v) is 3.84. The maximum absolute atomic E-state index is 12.0. The number of furan rings is 1. The van der Waals surface area contributed by atoms with E-state index in [4.69, 9.17) is 20.8 Å². The van der Waals surface area contributed by atoms with Gasteiger partial charge in [-0.2, -0.15) is 0 Å². The number of hydrogen-bond acceptors (Lipinski definition) is 5. The van der Waals surface area contributed by atoms with Crippen LogP contribution in [0.15, 0.2) is 64.1 Å². The monoisotopic (exact) mass is 403 g/mol. The summed E-state index contributed by atoms with van der Waals surface area (Å²) in [5.74, 6) is -0.126. The third-order valence-corrected chi connectivity index (χ3v) is 5.22. The SMILES string of the molecule is C[C@@H](NC(=O)COC(=O)CSc1cccc2cccc(Cl)c12)c1ccco1. The predicted molar refractivity (Wildman–Crippen MR) is 106 cm³/mol. The van der Waals surface area contributed by atoms with Gasteiger partial charge in [0.1, 0.15) is 5.76 Å². The van der Waals surface area contributed by atoms with Crippen LogP contribution >= 0.6 is 23.4 Å². The van der Waals surface area contributed by atoms with E-state index in [2.05, 4.69) is 5.32 Å². The fraction of sp³-hybridized carbons (Fsp3) is 0.200. The molecule has 0 aliphatic carbocycles. The first-order valence-corrected chi connectivity index (χ1v) is 9.69. The number of carbonyl (C=O) groups excluding carboxylic acids is 2. The average Bonchev–Trinajstić information content (AvgIpc) is 3.20. The molecule has 0 unspecified atom stereocenters. The van der Waals surface area contributed by atoms with Crippen molar-refractivity contribution in [1.29, 1.82) is 0 Å². The van der Waals surface area contributed by atoms with Crippen molar-refractivity contribution in [3.8, 4) is 0 Å². The van der Waals surface area contributed by atoms with Gasteiger partial charge in [-0.3, -0.25) is 9.59 Å². The van der Waals surface area contributed by atoms with Crippen LogP contribution in [-0.4, -0.2) is 24.2 Å². The minimum Gasteiger partial charge on any atom is -0.467 e. The van der Waals surface area contributed by atoms with Gasteiger partial charge in [-0.05, 0) is 36.6 Å². The lowest BCUT2D eigenvalue weighted by Gasteiger charge is -2.12. The molecule has 2 aromatic carbocycles. The van der Waals surface area contributed by atoms with Gasteiger partial charge in [0, 0.05) is 15.3 Å². The molecule has 7 heteroatoms. The molecule has 1 N–H and O–H groups in total. The molecule has 0 saturated heterocycles. The Morgan fingerprint density at radius 1 is 1.19 bits per heavy atom. The molecule has 5 nitrogen and oxygen atoms in total. The molecule has 0 bridgehead atoms. The minimum absolute atomic E-state index is 0.0886. The largest absolute Gasteiger partial charge is 0.467 e. The second-order valence-electron chi connectivity index (χ2n) is 5.85. The number of nitrogens with one attached hydrogen (secondary N) is 1. The second kappa shape index (κ2) is 8.97. The molecule has 1 aromatic heterocycles. The van der Waals surface area contributed by atoms with Crippen LogP contribution in [0.3, 0.4) is 0 Å². The lowest BCUT2D eigenvalue weighted by molar-refractivity contribution is -0.146. The minimum atomic E-state index is -0.468. The summed E-state index contributed by atoms with van der Waals surface area (Å²) in [5, 5.41) is 5.26. The van der Waals surface area contributed by atoms with E-state index in [9.17, 15) is 9.59 Å². The number of carbonyl (C=O) groups is 2. The number of benzene rings is 2. The molecule has 3 aromatic rings. The quantitative estimate of drug-likeness (QED) is 0.461. The van der Waals surface area contributed by atoms with Crippen molar-refractivity contribution in [3.05, 3.63) is 65.6 Å². The Kier molecular flexibility index (Phi) is 6.42. The maximum Gasteiger partial charge on any atom is 0.316 e. The fourth-order valence-electron chi connectivity index (χ4n) is 2.60. The molecule has 27 heavy (non-hydrogen) atoms. The van der Waals surface area contributed by atoms with Crippen molar-refractivity contribution in [2.24, 2.45) is 0 Å². The zero-order valence-electron chi connectivity index (χ0n) is 14.6. The summed E-state index contributed by atoms with van der Waals surface area (Å²) in [6, 6.07) is 14.7. The van der Waals surface area contributed by atoms with Gasteiger partial charge in [0.15, 0.2) is 6.61 Å². The van der Waals surface area contributed by atoms with Gasteiger partial charge in [-0.1, -0.05) is 35.9 Å². The smallest absolute Gasteiger partial charge is 0.316 e. The number of esters is 1. The summed E-state index contributed by atoms with van der Waals surface area (Å²) < 4.78 is 10.3. The summed E-state index contributed by atoms with van der Waals surface area (Å²) >= 11 is 7.61. The van der Waals surface area contributed by atoms with Gasteiger partial charge in [0.25, 0.3) is 5.91 Å². The first-order chi connectivity index (χ1) is 13.0. The summed E-state index contributed by atoms with van der Waals surface area (Å²) in [6.07, 6.45) is 1.54. The van der Waals surface area contributed by atoms with Gasteiger partial charge in [0.05, 0.1) is 18.1 Å². The highest BCUT2D eigenvalue weighted by atomic mass is 35.5. The molecule has 0 aliphatic heterocycles. The van der Waals surface area contributed by atoms with E-state index in [0.29, 0.717) is 10.8 Å². The van der Waals surface area contributed by atoms with Gasteiger partial charge < -0.3 is 14.5 Å². The number of amides is 1. The highest BCUT2D eigenvalue weighted by Gasteiger charge is 2.14. The second-order valence-corrected chi connectivity index (χ2v) is 7.27. The maximum atomic E-state index is 12.0. The highest BCUT2D eigenvalue weighted by Crippen LogP contribution is 2.33. The van der Waals surface area contributed by atoms with Crippen molar-refractivity contribution in [2.45, 2.75) is 17.9 Å². The van der Waals surface area contributed by atoms with Crippen molar-refractivity contribution in [3.63, 3.8) is 0 Å². The molecular weight excluding hydrogens is 386 g/mol. The van der Waals surface area contributed by atoms with Crippen LogP contribution in [0.4, 0.5) is 0 Å². The molecule has 1 atom stereocenters. The van der Waals surface area contributed by atoms with Crippen LogP contribution in [0, 0.1) is 0 Å². The lowest BCUT2D eigenvalue weighted by atomic mass is 10.1.